The van der Waals surface area contributed by atoms with Crippen LogP contribution >= 0.6 is 0 Å². The normalized spacial score (nSPS) is 12.7. The SMILES string of the molecule is N[C@@H](CCC(=O)OC(=O)CC[C@H](N)C(=O)O)C(=O)O.[NaH]. The van der Waals surface area contributed by atoms with Crippen LogP contribution < -0.4 is 11.5 Å². The van der Waals surface area contributed by atoms with E-state index in [0.717, 1.165) is 0 Å². The average molecular weight is 300 g/mol. The molecule has 0 fully saturated rings. The topological polar surface area (TPSA) is 170 Å². The van der Waals surface area contributed by atoms with Crippen molar-refractivity contribution in [3.8, 4) is 0 Å². The maximum absolute atomic E-state index is 11.1. The van der Waals surface area contributed by atoms with Crippen molar-refractivity contribution >= 4 is 53.4 Å². The van der Waals surface area contributed by atoms with Crippen LogP contribution in [-0.2, 0) is 23.9 Å². The van der Waals surface area contributed by atoms with Gasteiger partial charge in [-0.05, 0) is 12.8 Å². The van der Waals surface area contributed by atoms with Gasteiger partial charge < -0.3 is 26.4 Å². The van der Waals surface area contributed by atoms with Gasteiger partial charge in [0.15, 0.2) is 0 Å². The molecule has 0 amide bonds. The fourth-order valence-electron chi connectivity index (χ4n) is 1.02. The van der Waals surface area contributed by atoms with Crippen LogP contribution in [0.25, 0.3) is 0 Å². The number of nitrogens with two attached hydrogens (primary N) is 2. The minimum absolute atomic E-state index is 0. The van der Waals surface area contributed by atoms with E-state index in [1.165, 1.54) is 0 Å². The van der Waals surface area contributed by atoms with Gasteiger partial charge in [0.1, 0.15) is 12.1 Å². The molecule has 0 unspecified atom stereocenters. The fourth-order valence-corrected chi connectivity index (χ4v) is 1.02. The Hall–Kier alpha value is -1.00. The van der Waals surface area contributed by atoms with E-state index in [2.05, 4.69) is 4.74 Å². The van der Waals surface area contributed by atoms with Crippen LogP contribution in [0.15, 0.2) is 0 Å². The van der Waals surface area contributed by atoms with Crippen LogP contribution in [0.2, 0.25) is 0 Å². The van der Waals surface area contributed by atoms with E-state index in [9.17, 15) is 19.2 Å². The van der Waals surface area contributed by atoms with Crippen molar-refractivity contribution in [1.82, 2.24) is 0 Å². The number of ether oxygens (including phenoxy) is 1. The zero-order valence-electron chi connectivity index (χ0n) is 10.1. The molecule has 0 heterocycles. The van der Waals surface area contributed by atoms with E-state index < -0.39 is 36.0 Å². The molecule has 2 atom stereocenters. The number of carbonyl (C=O) groups excluding carboxylic acids is 2. The van der Waals surface area contributed by atoms with Gasteiger partial charge >= 0.3 is 53.4 Å². The summed E-state index contributed by atoms with van der Waals surface area (Å²) in [7, 11) is 0. The van der Waals surface area contributed by atoms with Crippen molar-refractivity contribution < 1.29 is 34.1 Å². The van der Waals surface area contributed by atoms with Crippen LogP contribution in [0.1, 0.15) is 25.7 Å². The standard InChI is InChI=1S/C10H16N2O7.Na.H/c11-5(9(15)16)1-3-7(13)19-8(14)4-2-6(12)10(17)18;;/h5-6H,1-4,11-12H2,(H,15,16)(H,17,18);;/t5-,6-;;/m0../s1. The molecule has 110 valence electrons. The fraction of sp³-hybridized carbons (Fsp3) is 0.600. The monoisotopic (exact) mass is 300 g/mol. The molecule has 6 N–H and O–H groups in total. The molecule has 0 aromatic carbocycles. The summed E-state index contributed by atoms with van der Waals surface area (Å²) in [5.74, 6) is -4.34. The molecule has 10 heteroatoms. The Kier molecular flexibility index (Phi) is 11.4. The molecule has 0 aliphatic carbocycles. The Balaban J connectivity index is 0. The number of carboxylic acid groups (broad SMARTS) is 2. The first kappa shape index (κ1) is 21.3. The molecule has 0 rings (SSSR count). The number of rotatable bonds is 8. The number of carbonyl (C=O) groups is 4. The predicted octanol–water partition coefficient (Wildman–Crippen LogP) is -2.21. The van der Waals surface area contributed by atoms with Crippen LogP contribution in [-0.4, -0.2) is 75.7 Å². The van der Waals surface area contributed by atoms with Crippen molar-refractivity contribution in [2.24, 2.45) is 11.5 Å². The molecule has 0 spiro atoms. The molecule has 0 aromatic heterocycles. The quantitative estimate of drug-likeness (QED) is 0.220. The summed E-state index contributed by atoms with van der Waals surface area (Å²) in [6.45, 7) is 0. The summed E-state index contributed by atoms with van der Waals surface area (Å²) >= 11 is 0. The van der Waals surface area contributed by atoms with E-state index in [1.807, 2.05) is 0 Å². The first-order chi connectivity index (χ1) is 8.73. The van der Waals surface area contributed by atoms with Crippen molar-refractivity contribution in [1.29, 1.82) is 0 Å². The second-order valence-corrected chi connectivity index (χ2v) is 3.81. The van der Waals surface area contributed by atoms with E-state index in [-0.39, 0.29) is 55.2 Å². The van der Waals surface area contributed by atoms with Crippen LogP contribution in [0.5, 0.6) is 0 Å². The molecule has 0 saturated carbocycles. The number of hydrogen-bond acceptors (Lipinski definition) is 7. The van der Waals surface area contributed by atoms with Crippen molar-refractivity contribution in [3.63, 3.8) is 0 Å². The molecule has 0 aromatic rings. The Labute approximate surface area is 136 Å². The van der Waals surface area contributed by atoms with Crippen molar-refractivity contribution in [2.75, 3.05) is 0 Å². The van der Waals surface area contributed by atoms with Gasteiger partial charge in [0.05, 0.1) is 0 Å². The van der Waals surface area contributed by atoms with Gasteiger partial charge in [0, 0.05) is 12.8 Å². The zero-order chi connectivity index (χ0) is 15.0. The van der Waals surface area contributed by atoms with E-state index in [0.29, 0.717) is 0 Å². The third kappa shape index (κ3) is 9.87. The van der Waals surface area contributed by atoms with E-state index in [4.69, 9.17) is 21.7 Å². The predicted molar refractivity (Wildman–Crippen MR) is 67.9 cm³/mol. The molecule has 9 nitrogen and oxygen atoms in total. The Morgan fingerprint density at radius 3 is 1.40 bits per heavy atom. The minimum atomic E-state index is -1.26. The second kappa shape index (κ2) is 10.7. The number of esters is 2. The maximum atomic E-state index is 11.1. The molecule has 0 saturated heterocycles. The van der Waals surface area contributed by atoms with Gasteiger partial charge in [0.25, 0.3) is 0 Å². The first-order valence-electron chi connectivity index (χ1n) is 5.44. The second-order valence-electron chi connectivity index (χ2n) is 3.81. The van der Waals surface area contributed by atoms with E-state index >= 15 is 0 Å². The number of carboxylic acids is 2. The van der Waals surface area contributed by atoms with Gasteiger partial charge in [-0.3, -0.25) is 19.2 Å². The van der Waals surface area contributed by atoms with Crippen LogP contribution in [0.3, 0.4) is 0 Å². The zero-order valence-corrected chi connectivity index (χ0v) is 10.1. The van der Waals surface area contributed by atoms with Gasteiger partial charge in [-0.1, -0.05) is 0 Å². The van der Waals surface area contributed by atoms with Gasteiger partial charge in [-0.15, -0.1) is 0 Å². The van der Waals surface area contributed by atoms with Gasteiger partial charge in [0.2, 0.25) is 0 Å². The van der Waals surface area contributed by atoms with Gasteiger partial charge in [-0.25, -0.2) is 0 Å². The summed E-state index contributed by atoms with van der Waals surface area (Å²) in [5.41, 5.74) is 10.3. The summed E-state index contributed by atoms with van der Waals surface area (Å²) in [5, 5.41) is 16.9. The summed E-state index contributed by atoms with van der Waals surface area (Å²) < 4.78 is 4.34. The molecular weight excluding hydrogens is 283 g/mol. The Bertz CT molecular complexity index is 341. The van der Waals surface area contributed by atoms with E-state index in [1.54, 1.807) is 0 Å². The summed E-state index contributed by atoms with van der Waals surface area (Å²) in [6, 6.07) is -2.41. The van der Waals surface area contributed by atoms with Gasteiger partial charge in [-0.2, -0.15) is 0 Å². The van der Waals surface area contributed by atoms with Crippen molar-refractivity contribution in [3.05, 3.63) is 0 Å². The Morgan fingerprint density at radius 1 is 0.850 bits per heavy atom. The first-order valence-corrected chi connectivity index (χ1v) is 5.44. The Morgan fingerprint density at radius 2 is 1.15 bits per heavy atom. The third-order valence-corrected chi connectivity index (χ3v) is 2.18. The summed E-state index contributed by atoms with van der Waals surface area (Å²) in [6.07, 6.45) is -0.944. The molecule has 0 aliphatic heterocycles. The van der Waals surface area contributed by atoms with Crippen molar-refractivity contribution in [2.45, 2.75) is 37.8 Å². The molecule has 0 bridgehead atoms. The average Bonchev–Trinajstić information content (AvgIpc) is 2.32. The molecular formula is C10H17N2NaO7. The molecule has 20 heavy (non-hydrogen) atoms. The number of aliphatic carboxylic acids is 2. The van der Waals surface area contributed by atoms with Crippen LogP contribution in [0.4, 0.5) is 0 Å². The third-order valence-electron chi connectivity index (χ3n) is 2.18. The molecule has 0 radical (unpaired) electrons. The molecule has 0 aliphatic rings. The number of hydrogen-bond donors (Lipinski definition) is 4. The summed E-state index contributed by atoms with van der Waals surface area (Å²) in [4.78, 5) is 43.0. The van der Waals surface area contributed by atoms with Crippen LogP contribution in [0, 0.1) is 0 Å².